The number of carbonyl (C=O) groups excluding carboxylic acids is 2. The fourth-order valence-electron chi connectivity index (χ4n) is 3.32. The minimum atomic E-state index is 0.0142. The lowest BCUT2D eigenvalue weighted by atomic mass is 10.1. The van der Waals surface area contributed by atoms with E-state index in [1.54, 1.807) is 0 Å². The van der Waals surface area contributed by atoms with Crippen LogP contribution in [0.5, 0.6) is 0 Å². The lowest BCUT2D eigenvalue weighted by Gasteiger charge is -2.34. The Balaban J connectivity index is 1.39. The fraction of sp³-hybridized carbons (Fsp3) is 0.364. The standard InChI is InChI=1S/C22H26BrN3O2/c1-17-4-2-3-5-18(17)16-22(28)26-14-12-25(13-15-26)11-10-21(27)24-20-8-6-19(23)7-9-20/h2-9H,10-16H2,1H3,(H,24,27). The van der Waals surface area contributed by atoms with E-state index < -0.39 is 0 Å². The molecule has 2 aromatic rings. The monoisotopic (exact) mass is 443 g/mol. The number of rotatable bonds is 6. The minimum Gasteiger partial charge on any atom is -0.340 e. The van der Waals surface area contributed by atoms with Gasteiger partial charge < -0.3 is 10.2 Å². The molecule has 1 N–H and O–H groups in total. The zero-order chi connectivity index (χ0) is 19.9. The number of nitrogens with one attached hydrogen (secondary N) is 1. The average Bonchev–Trinajstić information content (AvgIpc) is 2.70. The summed E-state index contributed by atoms with van der Waals surface area (Å²) >= 11 is 3.38. The van der Waals surface area contributed by atoms with E-state index in [9.17, 15) is 9.59 Å². The number of hydrogen-bond acceptors (Lipinski definition) is 3. The average molecular weight is 444 g/mol. The van der Waals surface area contributed by atoms with Crippen molar-refractivity contribution in [1.29, 1.82) is 0 Å². The number of carbonyl (C=O) groups is 2. The molecular formula is C22H26BrN3O2. The van der Waals surface area contributed by atoms with Gasteiger partial charge in [0, 0.05) is 49.3 Å². The molecule has 2 amide bonds. The second-order valence-corrected chi connectivity index (χ2v) is 8.05. The zero-order valence-corrected chi connectivity index (χ0v) is 17.7. The molecule has 28 heavy (non-hydrogen) atoms. The van der Waals surface area contributed by atoms with Crippen molar-refractivity contribution in [2.24, 2.45) is 0 Å². The fourth-order valence-corrected chi connectivity index (χ4v) is 3.58. The van der Waals surface area contributed by atoms with Crippen molar-refractivity contribution in [3.8, 4) is 0 Å². The molecule has 0 unspecified atom stereocenters. The largest absolute Gasteiger partial charge is 0.340 e. The van der Waals surface area contributed by atoms with Gasteiger partial charge in [-0.2, -0.15) is 0 Å². The summed E-state index contributed by atoms with van der Waals surface area (Å²) in [6.07, 6.45) is 0.912. The molecule has 0 atom stereocenters. The van der Waals surface area contributed by atoms with Gasteiger partial charge in [-0.3, -0.25) is 14.5 Å². The normalized spacial score (nSPS) is 14.7. The minimum absolute atomic E-state index is 0.0142. The molecule has 0 radical (unpaired) electrons. The van der Waals surface area contributed by atoms with Gasteiger partial charge in [0.05, 0.1) is 6.42 Å². The Labute approximate surface area is 174 Å². The highest BCUT2D eigenvalue weighted by molar-refractivity contribution is 9.10. The van der Waals surface area contributed by atoms with Crippen molar-refractivity contribution >= 4 is 33.4 Å². The van der Waals surface area contributed by atoms with Crippen molar-refractivity contribution < 1.29 is 9.59 Å². The summed E-state index contributed by atoms with van der Waals surface area (Å²) in [5, 5.41) is 2.92. The molecule has 6 heteroatoms. The van der Waals surface area contributed by atoms with Crippen LogP contribution in [0.1, 0.15) is 17.5 Å². The van der Waals surface area contributed by atoms with Crippen LogP contribution in [-0.4, -0.2) is 54.3 Å². The molecule has 1 aliphatic heterocycles. The van der Waals surface area contributed by atoms with Crippen LogP contribution >= 0.6 is 15.9 Å². The number of hydrogen-bond donors (Lipinski definition) is 1. The van der Waals surface area contributed by atoms with Gasteiger partial charge in [0.1, 0.15) is 0 Å². The van der Waals surface area contributed by atoms with Crippen LogP contribution in [-0.2, 0) is 16.0 Å². The Morgan fingerprint density at radius 1 is 1.00 bits per heavy atom. The number of aryl methyl sites for hydroxylation is 1. The molecule has 0 aromatic heterocycles. The highest BCUT2D eigenvalue weighted by Gasteiger charge is 2.21. The van der Waals surface area contributed by atoms with Gasteiger partial charge in [0.15, 0.2) is 0 Å². The zero-order valence-electron chi connectivity index (χ0n) is 16.2. The third kappa shape index (κ3) is 5.91. The molecule has 3 rings (SSSR count). The number of anilines is 1. The molecular weight excluding hydrogens is 418 g/mol. The Morgan fingerprint density at radius 3 is 2.36 bits per heavy atom. The van der Waals surface area contributed by atoms with Crippen LogP contribution < -0.4 is 5.32 Å². The maximum atomic E-state index is 12.6. The number of piperazine rings is 1. The number of nitrogens with zero attached hydrogens (tertiary/aromatic N) is 2. The Hall–Kier alpha value is -2.18. The van der Waals surface area contributed by atoms with E-state index in [0.29, 0.717) is 19.4 Å². The van der Waals surface area contributed by atoms with Gasteiger partial charge in [0.25, 0.3) is 0 Å². The molecule has 1 aliphatic rings. The summed E-state index contributed by atoms with van der Waals surface area (Å²) in [5.74, 6) is 0.197. The van der Waals surface area contributed by atoms with Crippen molar-refractivity contribution in [1.82, 2.24) is 9.80 Å². The van der Waals surface area contributed by atoms with E-state index in [-0.39, 0.29) is 11.8 Å². The first-order chi connectivity index (χ1) is 13.5. The molecule has 5 nitrogen and oxygen atoms in total. The highest BCUT2D eigenvalue weighted by atomic mass is 79.9. The van der Waals surface area contributed by atoms with Crippen LogP contribution in [0, 0.1) is 6.92 Å². The van der Waals surface area contributed by atoms with Crippen molar-refractivity contribution in [2.45, 2.75) is 19.8 Å². The van der Waals surface area contributed by atoms with E-state index in [1.807, 2.05) is 60.4 Å². The first-order valence-corrected chi connectivity index (χ1v) is 10.4. The van der Waals surface area contributed by atoms with E-state index in [1.165, 1.54) is 0 Å². The molecule has 0 spiro atoms. The van der Waals surface area contributed by atoms with E-state index in [4.69, 9.17) is 0 Å². The van der Waals surface area contributed by atoms with Crippen LogP contribution in [0.3, 0.4) is 0 Å². The first-order valence-electron chi connectivity index (χ1n) is 9.61. The van der Waals surface area contributed by atoms with E-state index in [2.05, 4.69) is 26.1 Å². The van der Waals surface area contributed by atoms with E-state index in [0.717, 1.165) is 47.5 Å². The number of amides is 2. The molecule has 0 saturated carbocycles. The summed E-state index contributed by atoms with van der Waals surface area (Å²) in [6.45, 7) is 5.82. The van der Waals surface area contributed by atoms with Gasteiger partial charge >= 0.3 is 0 Å². The third-order valence-corrected chi connectivity index (χ3v) is 5.64. The van der Waals surface area contributed by atoms with Crippen LogP contribution in [0.25, 0.3) is 0 Å². The molecule has 0 aliphatic carbocycles. The highest BCUT2D eigenvalue weighted by Crippen LogP contribution is 2.15. The van der Waals surface area contributed by atoms with Crippen LogP contribution in [0.4, 0.5) is 5.69 Å². The second kappa shape index (κ2) is 9.85. The van der Waals surface area contributed by atoms with E-state index >= 15 is 0 Å². The van der Waals surface area contributed by atoms with Gasteiger partial charge in [0.2, 0.25) is 11.8 Å². The summed E-state index contributed by atoms with van der Waals surface area (Å²) in [7, 11) is 0. The molecule has 2 aromatic carbocycles. The van der Waals surface area contributed by atoms with Gasteiger partial charge in [-0.25, -0.2) is 0 Å². The maximum Gasteiger partial charge on any atom is 0.227 e. The maximum absolute atomic E-state index is 12.6. The molecule has 1 saturated heterocycles. The summed E-state index contributed by atoms with van der Waals surface area (Å²) in [5.41, 5.74) is 3.06. The topological polar surface area (TPSA) is 52.7 Å². The lowest BCUT2D eigenvalue weighted by molar-refractivity contribution is -0.132. The predicted octanol–water partition coefficient (Wildman–Crippen LogP) is 3.47. The second-order valence-electron chi connectivity index (χ2n) is 7.13. The number of halogens is 1. The number of benzene rings is 2. The van der Waals surface area contributed by atoms with Gasteiger partial charge in [-0.1, -0.05) is 40.2 Å². The van der Waals surface area contributed by atoms with Crippen LogP contribution in [0.15, 0.2) is 53.0 Å². The lowest BCUT2D eigenvalue weighted by Crippen LogP contribution is -2.49. The van der Waals surface area contributed by atoms with Crippen molar-refractivity contribution in [2.75, 3.05) is 38.0 Å². The Morgan fingerprint density at radius 2 is 1.68 bits per heavy atom. The Bertz CT molecular complexity index is 815. The molecule has 1 fully saturated rings. The quantitative estimate of drug-likeness (QED) is 0.743. The van der Waals surface area contributed by atoms with Gasteiger partial charge in [-0.05, 0) is 42.3 Å². The molecule has 148 valence electrons. The summed E-state index contributed by atoms with van der Waals surface area (Å²) in [4.78, 5) is 28.9. The molecule has 0 bridgehead atoms. The van der Waals surface area contributed by atoms with Crippen LogP contribution in [0.2, 0.25) is 0 Å². The smallest absolute Gasteiger partial charge is 0.227 e. The third-order valence-electron chi connectivity index (χ3n) is 5.11. The van der Waals surface area contributed by atoms with Crippen molar-refractivity contribution in [3.63, 3.8) is 0 Å². The van der Waals surface area contributed by atoms with Gasteiger partial charge in [-0.15, -0.1) is 0 Å². The predicted molar refractivity (Wildman–Crippen MR) is 115 cm³/mol. The Kier molecular flexibility index (Phi) is 7.23. The van der Waals surface area contributed by atoms with Crippen molar-refractivity contribution in [3.05, 3.63) is 64.1 Å². The SMILES string of the molecule is Cc1ccccc1CC(=O)N1CCN(CCC(=O)Nc2ccc(Br)cc2)CC1. The first kappa shape index (κ1) is 20.6. The summed E-state index contributed by atoms with van der Waals surface area (Å²) < 4.78 is 0.986. The summed E-state index contributed by atoms with van der Waals surface area (Å²) in [6, 6.07) is 15.6. The molecule has 1 heterocycles.